The van der Waals surface area contributed by atoms with Gasteiger partial charge in [0.1, 0.15) is 0 Å². The fourth-order valence-electron chi connectivity index (χ4n) is 1.94. The van der Waals surface area contributed by atoms with Gasteiger partial charge >= 0.3 is 0 Å². The maximum absolute atomic E-state index is 10.2. The van der Waals surface area contributed by atoms with Crippen LogP contribution in [-0.2, 0) is 0 Å². The third kappa shape index (κ3) is 2.71. The number of aliphatic hydroxyl groups is 1. The van der Waals surface area contributed by atoms with Crippen molar-refractivity contribution in [1.29, 1.82) is 0 Å². The van der Waals surface area contributed by atoms with Crippen LogP contribution >= 0.6 is 0 Å². The molecule has 0 radical (unpaired) electrons. The molecule has 2 aromatic rings. The number of hydrogen-bond donors (Lipinski definition) is 1. The predicted molar refractivity (Wildman–Crippen MR) is 70.8 cm³/mol. The molecule has 1 aromatic heterocycles. The Morgan fingerprint density at radius 1 is 1.35 bits per heavy atom. The van der Waals surface area contributed by atoms with Crippen molar-refractivity contribution in [2.75, 3.05) is 0 Å². The minimum Gasteiger partial charge on any atom is -0.388 e. The fourth-order valence-corrected chi connectivity index (χ4v) is 1.94. The van der Waals surface area contributed by atoms with Crippen molar-refractivity contribution >= 4 is 10.9 Å². The second-order valence-electron chi connectivity index (χ2n) is 4.43. The Labute approximate surface area is 102 Å². The van der Waals surface area contributed by atoms with Gasteiger partial charge in [0, 0.05) is 17.1 Å². The Balaban J connectivity index is 2.31. The number of rotatable bonds is 4. The summed E-state index contributed by atoms with van der Waals surface area (Å²) in [6.07, 6.45) is 2.83. The molecule has 0 amide bonds. The zero-order valence-electron chi connectivity index (χ0n) is 10.1. The second kappa shape index (κ2) is 5.11. The molecule has 0 bridgehead atoms. The Bertz CT molecular complexity index is 528. The highest BCUT2D eigenvalue weighted by molar-refractivity contribution is 5.81. The van der Waals surface area contributed by atoms with Gasteiger partial charge in [-0.3, -0.25) is 4.98 Å². The molecule has 0 saturated heterocycles. The number of benzene rings is 1. The van der Waals surface area contributed by atoms with Crippen LogP contribution in [0.3, 0.4) is 0 Å². The number of allylic oxidation sites excluding steroid dienone is 1. The Morgan fingerprint density at radius 2 is 2.12 bits per heavy atom. The molecule has 17 heavy (non-hydrogen) atoms. The Hall–Kier alpha value is -1.67. The molecule has 1 atom stereocenters. The first kappa shape index (κ1) is 11.8. The SMILES string of the molecule is C=C(C)CCC(O)c1cccc2cccnc12. The summed E-state index contributed by atoms with van der Waals surface area (Å²) in [4.78, 5) is 4.35. The van der Waals surface area contributed by atoms with Crippen LogP contribution in [0.5, 0.6) is 0 Å². The highest BCUT2D eigenvalue weighted by Crippen LogP contribution is 2.26. The van der Waals surface area contributed by atoms with E-state index in [4.69, 9.17) is 0 Å². The molecule has 0 aliphatic carbocycles. The van der Waals surface area contributed by atoms with Crippen LogP contribution in [-0.4, -0.2) is 10.1 Å². The molecular weight excluding hydrogens is 210 g/mol. The number of hydrogen-bond acceptors (Lipinski definition) is 2. The van der Waals surface area contributed by atoms with Gasteiger partial charge in [0.25, 0.3) is 0 Å². The van der Waals surface area contributed by atoms with E-state index < -0.39 is 6.10 Å². The van der Waals surface area contributed by atoms with Gasteiger partial charge in [0.05, 0.1) is 11.6 Å². The number of nitrogens with zero attached hydrogens (tertiary/aromatic N) is 1. The lowest BCUT2D eigenvalue weighted by Gasteiger charge is -2.12. The van der Waals surface area contributed by atoms with Gasteiger partial charge in [-0.1, -0.05) is 29.8 Å². The van der Waals surface area contributed by atoms with Gasteiger partial charge in [-0.25, -0.2) is 0 Å². The molecule has 1 N–H and O–H groups in total. The van der Waals surface area contributed by atoms with E-state index in [1.54, 1.807) is 6.20 Å². The summed E-state index contributed by atoms with van der Waals surface area (Å²) in [5, 5.41) is 11.3. The van der Waals surface area contributed by atoms with Gasteiger partial charge in [-0.05, 0) is 25.8 Å². The molecule has 1 heterocycles. The van der Waals surface area contributed by atoms with Gasteiger partial charge in [-0.2, -0.15) is 0 Å². The predicted octanol–water partition coefficient (Wildman–Crippen LogP) is 3.62. The van der Waals surface area contributed by atoms with Crippen molar-refractivity contribution in [3.05, 3.63) is 54.2 Å². The number of pyridine rings is 1. The van der Waals surface area contributed by atoms with E-state index in [1.165, 1.54) is 0 Å². The number of para-hydroxylation sites is 1. The van der Waals surface area contributed by atoms with E-state index in [1.807, 2.05) is 37.3 Å². The van der Waals surface area contributed by atoms with E-state index in [-0.39, 0.29) is 0 Å². The molecule has 2 nitrogen and oxygen atoms in total. The lowest BCUT2D eigenvalue weighted by atomic mass is 10.00. The first-order valence-corrected chi connectivity index (χ1v) is 5.84. The van der Waals surface area contributed by atoms with Gasteiger partial charge in [0.15, 0.2) is 0 Å². The van der Waals surface area contributed by atoms with E-state index >= 15 is 0 Å². The van der Waals surface area contributed by atoms with Crippen LogP contribution in [0.2, 0.25) is 0 Å². The van der Waals surface area contributed by atoms with Gasteiger partial charge in [0.2, 0.25) is 0 Å². The summed E-state index contributed by atoms with van der Waals surface area (Å²) in [7, 11) is 0. The van der Waals surface area contributed by atoms with Crippen molar-refractivity contribution in [2.45, 2.75) is 25.9 Å². The van der Waals surface area contributed by atoms with Crippen LogP contribution in [0.15, 0.2) is 48.7 Å². The molecular formula is C15H17NO. The molecule has 1 unspecified atom stereocenters. The third-order valence-corrected chi connectivity index (χ3v) is 2.87. The van der Waals surface area contributed by atoms with E-state index in [9.17, 15) is 5.11 Å². The lowest BCUT2D eigenvalue weighted by Crippen LogP contribution is -1.99. The smallest absolute Gasteiger partial charge is 0.0814 e. The highest BCUT2D eigenvalue weighted by Gasteiger charge is 2.11. The van der Waals surface area contributed by atoms with Gasteiger partial charge in [-0.15, -0.1) is 6.58 Å². The number of fused-ring (bicyclic) bond motifs is 1. The fraction of sp³-hybridized carbons (Fsp3) is 0.267. The van der Waals surface area contributed by atoms with Crippen LogP contribution in [0.4, 0.5) is 0 Å². The standard InChI is InChI=1S/C15H17NO/c1-11(2)8-9-14(17)13-7-3-5-12-6-4-10-16-15(12)13/h3-7,10,14,17H,1,8-9H2,2H3. The molecule has 0 fully saturated rings. The van der Waals surface area contributed by atoms with Crippen LogP contribution in [0.1, 0.15) is 31.4 Å². The molecule has 88 valence electrons. The van der Waals surface area contributed by atoms with Crippen molar-refractivity contribution in [3.63, 3.8) is 0 Å². The summed E-state index contributed by atoms with van der Waals surface area (Å²) in [6, 6.07) is 9.84. The lowest BCUT2D eigenvalue weighted by molar-refractivity contribution is 0.169. The minimum absolute atomic E-state index is 0.467. The van der Waals surface area contributed by atoms with E-state index in [0.29, 0.717) is 6.42 Å². The molecule has 0 aliphatic heterocycles. The first-order chi connectivity index (χ1) is 8.18. The molecule has 1 aromatic carbocycles. The van der Waals surface area contributed by atoms with Crippen LogP contribution < -0.4 is 0 Å². The summed E-state index contributed by atoms with van der Waals surface area (Å²) in [6.45, 7) is 5.84. The maximum Gasteiger partial charge on any atom is 0.0814 e. The average molecular weight is 227 g/mol. The second-order valence-corrected chi connectivity index (χ2v) is 4.43. The molecule has 0 saturated carbocycles. The Kier molecular flexibility index (Phi) is 3.55. The summed E-state index contributed by atoms with van der Waals surface area (Å²) in [5.74, 6) is 0. The highest BCUT2D eigenvalue weighted by atomic mass is 16.3. The zero-order chi connectivity index (χ0) is 12.3. The average Bonchev–Trinajstić information content (AvgIpc) is 2.35. The Morgan fingerprint density at radius 3 is 2.88 bits per heavy atom. The zero-order valence-corrected chi connectivity index (χ0v) is 10.1. The molecule has 2 heteroatoms. The molecule has 0 aliphatic rings. The van der Waals surface area contributed by atoms with Crippen molar-refractivity contribution in [2.24, 2.45) is 0 Å². The largest absolute Gasteiger partial charge is 0.388 e. The van der Waals surface area contributed by atoms with Crippen molar-refractivity contribution < 1.29 is 5.11 Å². The van der Waals surface area contributed by atoms with E-state index in [2.05, 4.69) is 11.6 Å². The monoisotopic (exact) mass is 227 g/mol. The molecule has 2 rings (SSSR count). The van der Waals surface area contributed by atoms with Gasteiger partial charge < -0.3 is 5.11 Å². The number of aliphatic hydroxyl groups excluding tert-OH is 1. The van der Waals surface area contributed by atoms with Crippen molar-refractivity contribution in [1.82, 2.24) is 4.98 Å². The van der Waals surface area contributed by atoms with Crippen molar-refractivity contribution in [3.8, 4) is 0 Å². The first-order valence-electron chi connectivity index (χ1n) is 5.84. The van der Waals surface area contributed by atoms with Crippen LogP contribution in [0.25, 0.3) is 10.9 Å². The van der Waals surface area contributed by atoms with Crippen LogP contribution in [0, 0.1) is 0 Å². The summed E-state index contributed by atoms with van der Waals surface area (Å²) < 4.78 is 0. The van der Waals surface area contributed by atoms with E-state index in [0.717, 1.165) is 28.5 Å². The quantitative estimate of drug-likeness (QED) is 0.809. The summed E-state index contributed by atoms with van der Waals surface area (Å²) >= 11 is 0. The molecule has 0 spiro atoms. The minimum atomic E-state index is -0.467. The third-order valence-electron chi connectivity index (χ3n) is 2.87. The normalized spacial score (nSPS) is 12.6. The summed E-state index contributed by atoms with van der Waals surface area (Å²) in [5.41, 5.74) is 2.89. The maximum atomic E-state index is 10.2. The number of aromatic nitrogens is 1. The topological polar surface area (TPSA) is 33.1 Å².